The van der Waals surface area contributed by atoms with Gasteiger partial charge in [-0.25, -0.2) is 4.79 Å². The maximum atomic E-state index is 12.0. The lowest BCUT2D eigenvalue weighted by atomic mass is 9.98. The monoisotopic (exact) mass is 314 g/mol. The lowest BCUT2D eigenvalue weighted by molar-refractivity contribution is -0.144. The van der Waals surface area contributed by atoms with Gasteiger partial charge in [0, 0.05) is 29.9 Å². The number of carbonyl (C=O) groups excluding carboxylic acids is 1. The molecule has 1 aliphatic heterocycles. The van der Waals surface area contributed by atoms with Crippen molar-refractivity contribution in [2.75, 3.05) is 13.2 Å². The zero-order chi connectivity index (χ0) is 13.2. The van der Waals surface area contributed by atoms with E-state index >= 15 is 0 Å². The highest BCUT2D eigenvalue weighted by molar-refractivity contribution is 9.10. The molecular formula is C11H11BrN2O4. The van der Waals surface area contributed by atoms with Crippen LogP contribution in [0, 0.1) is 0 Å². The molecule has 96 valence electrons. The minimum absolute atomic E-state index is 0.0171. The summed E-state index contributed by atoms with van der Waals surface area (Å²) < 4.78 is 5.58. The molecule has 1 aliphatic rings. The van der Waals surface area contributed by atoms with E-state index in [4.69, 9.17) is 4.74 Å². The number of hydrogen-bond donors (Lipinski definition) is 2. The lowest BCUT2D eigenvalue weighted by Gasteiger charge is -2.23. The minimum atomic E-state index is -1.33. The summed E-state index contributed by atoms with van der Waals surface area (Å²) in [4.78, 5) is 27.1. The maximum absolute atomic E-state index is 12.0. The van der Waals surface area contributed by atoms with Gasteiger partial charge in [-0.3, -0.25) is 9.78 Å². The van der Waals surface area contributed by atoms with Crippen molar-refractivity contribution in [3.05, 3.63) is 28.5 Å². The first-order chi connectivity index (χ1) is 8.55. The van der Waals surface area contributed by atoms with Gasteiger partial charge in [0.2, 0.25) is 0 Å². The van der Waals surface area contributed by atoms with Gasteiger partial charge in [0.05, 0.1) is 12.2 Å². The second kappa shape index (κ2) is 5.03. The molecule has 2 rings (SSSR count). The van der Waals surface area contributed by atoms with Crippen LogP contribution < -0.4 is 5.32 Å². The summed E-state index contributed by atoms with van der Waals surface area (Å²) in [6, 6.07) is 1.52. The van der Waals surface area contributed by atoms with E-state index in [0.29, 0.717) is 16.6 Å². The topological polar surface area (TPSA) is 88.5 Å². The first-order valence-electron chi connectivity index (χ1n) is 5.28. The van der Waals surface area contributed by atoms with E-state index < -0.39 is 17.4 Å². The van der Waals surface area contributed by atoms with Crippen LogP contribution in [0.15, 0.2) is 22.9 Å². The molecule has 1 atom stereocenters. The Morgan fingerprint density at radius 1 is 1.56 bits per heavy atom. The van der Waals surface area contributed by atoms with Crippen LogP contribution in [0.3, 0.4) is 0 Å². The number of nitrogens with zero attached hydrogens (tertiary/aromatic N) is 1. The molecule has 0 spiro atoms. The van der Waals surface area contributed by atoms with Crippen LogP contribution in [-0.4, -0.2) is 40.7 Å². The molecule has 1 unspecified atom stereocenters. The van der Waals surface area contributed by atoms with Crippen molar-refractivity contribution in [1.29, 1.82) is 0 Å². The molecular weight excluding hydrogens is 304 g/mol. The van der Waals surface area contributed by atoms with Crippen molar-refractivity contribution in [2.45, 2.75) is 12.0 Å². The number of aromatic nitrogens is 1. The number of carboxylic acids is 1. The predicted molar refractivity (Wildman–Crippen MR) is 65.2 cm³/mol. The first-order valence-corrected chi connectivity index (χ1v) is 6.08. The van der Waals surface area contributed by atoms with Crippen LogP contribution in [0.1, 0.15) is 16.8 Å². The van der Waals surface area contributed by atoms with Crippen molar-refractivity contribution in [2.24, 2.45) is 0 Å². The largest absolute Gasteiger partial charge is 0.479 e. The van der Waals surface area contributed by atoms with Gasteiger partial charge in [0.15, 0.2) is 5.54 Å². The molecule has 1 aromatic heterocycles. The predicted octanol–water partition coefficient (Wildman–Crippen LogP) is 0.818. The number of carboxylic acid groups (broad SMARTS) is 1. The Morgan fingerprint density at radius 3 is 2.89 bits per heavy atom. The number of aliphatic carboxylic acids is 1. The third kappa shape index (κ3) is 2.37. The van der Waals surface area contributed by atoms with Crippen LogP contribution in [-0.2, 0) is 9.53 Å². The van der Waals surface area contributed by atoms with Gasteiger partial charge in [0.25, 0.3) is 5.91 Å². The van der Waals surface area contributed by atoms with Gasteiger partial charge in [-0.15, -0.1) is 0 Å². The second-order valence-corrected chi connectivity index (χ2v) is 4.85. The fourth-order valence-corrected chi connectivity index (χ4v) is 2.16. The Kier molecular flexibility index (Phi) is 3.63. The summed E-state index contributed by atoms with van der Waals surface area (Å²) in [5.74, 6) is -1.55. The van der Waals surface area contributed by atoms with E-state index in [1.54, 1.807) is 0 Å². The van der Waals surface area contributed by atoms with Gasteiger partial charge >= 0.3 is 5.97 Å². The number of pyridine rings is 1. The number of ether oxygens (including phenoxy) is 1. The molecule has 7 heteroatoms. The number of carbonyl (C=O) groups is 2. The molecule has 0 radical (unpaired) electrons. The van der Waals surface area contributed by atoms with Gasteiger partial charge in [-0.05, 0) is 22.0 Å². The molecule has 0 bridgehead atoms. The number of hydrogen-bond acceptors (Lipinski definition) is 4. The lowest BCUT2D eigenvalue weighted by Crippen LogP contribution is -2.55. The minimum Gasteiger partial charge on any atom is -0.479 e. The average molecular weight is 315 g/mol. The number of amides is 1. The summed E-state index contributed by atoms with van der Waals surface area (Å²) in [5, 5.41) is 11.7. The van der Waals surface area contributed by atoms with Crippen LogP contribution in [0.5, 0.6) is 0 Å². The van der Waals surface area contributed by atoms with Gasteiger partial charge in [0.1, 0.15) is 0 Å². The Labute approximate surface area is 111 Å². The van der Waals surface area contributed by atoms with Crippen molar-refractivity contribution in [3.63, 3.8) is 0 Å². The molecule has 1 saturated heterocycles. The van der Waals surface area contributed by atoms with E-state index in [2.05, 4.69) is 26.2 Å². The summed E-state index contributed by atoms with van der Waals surface area (Å²) in [6.07, 6.45) is 3.21. The molecule has 1 aromatic rings. The highest BCUT2D eigenvalue weighted by Crippen LogP contribution is 2.21. The molecule has 1 fully saturated rings. The fourth-order valence-electron chi connectivity index (χ4n) is 1.73. The van der Waals surface area contributed by atoms with E-state index in [0.717, 1.165) is 0 Å². The molecule has 0 saturated carbocycles. The molecule has 1 amide bonds. The van der Waals surface area contributed by atoms with Crippen molar-refractivity contribution >= 4 is 27.8 Å². The Bertz CT molecular complexity index is 486. The summed E-state index contributed by atoms with van der Waals surface area (Å²) in [5.41, 5.74) is -0.989. The van der Waals surface area contributed by atoms with Crippen LogP contribution in [0.25, 0.3) is 0 Å². The third-order valence-corrected chi connectivity index (χ3v) is 3.43. The van der Waals surface area contributed by atoms with E-state index in [1.165, 1.54) is 18.5 Å². The average Bonchev–Trinajstić information content (AvgIpc) is 2.79. The van der Waals surface area contributed by atoms with Crippen molar-refractivity contribution < 1.29 is 19.4 Å². The summed E-state index contributed by atoms with van der Waals surface area (Å²) >= 11 is 3.20. The van der Waals surface area contributed by atoms with E-state index in [1.807, 2.05) is 0 Å². The molecule has 6 nitrogen and oxygen atoms in total. The highest BCUT2D eigenvalue weighted by atomic mass is 79.9. The highest BCUT2D eigenvalue weighted by Gasteiger charge is 2.44. The molecule has 0 aromatic carbocycles. The Morgan fingerprint density at radius 2 is 2.33 bits per heavy atom. The Hall–Kier alpha value is -1.47. The SMILES string of the molecule is O=C(NC1(C(=O)O)CCOC1)c1ccncc1Br. The maximum Gasteiger partial charge on any atom is 0.331 e. The van der Waals surface area contributed by atoms with Crippen LogP contribution in [0.4, 0.5) is 0 Å². The van der Waals surface area contributed by atoms with E-state index in [9.17, 15) is 14.7 Å². The standard InChI is InChI=1S/C11H11BrN2O4/c12-8-5-13-3-1-7(8)9(15)14-11(10(16)17)2-4-18-6-11/h1,3,5H,2,4,6H2,(H,14,15)(H,16,17). The fraction of sp³-hybridized carbons (Fsp3) is 0.364. The van der Waals surface area contributed by atoms with Crippen LogP contribution in [0.2, 0.25) is 0 Å². The smallest absolute Gasteiger partial charge is 0.331 e. The molecule has 2 heterocycles. The van der Waals surface area contributed by atoms with Crippen molar-refractivity contribution in [3.8, 4) is 0 Å². The first kappa shape index (κ1) is 13.0. The number of rotatable bonds is 3. The van der Waals surface area contributed by atoms with Gasteiger partial charge in [-0.1, -0.05) is 0 Å². The zero-order valence-corrected chi connectivity index (χ0v) is 10.9. The van der Waals surface area contributed by atoms with E-state index in [-0.39, 0.29) is 13.0 Å². The Balaban J connectivity index is 2.21. The molecule has 0 aliphatic carbocycles. The second-order valence-electron chi connectivity index (χ2n) is 4.00. The van der Waals surface area contributed by atoms with Gasteiger partial charge < -0.3 is 15.2 Å². The summed E-state index contributed by atoms with van der Waals surface area (Å²) in [7, 11) is 0. The van der Waals surface area contributed by atoms with Gasteiger partial charge in [-0.2, -0.15) is 0 Å². The molecule has 2 N–H and O–H groups in total. The quantitative estimate of drug-likeness (QED) is 0.862. The molecule has 18 heavy (non-hydrogen) atoms. The zero-order valence-electron chi connectivity index (χ0n) is 9.35. The number of nitrogens with one attached hydrogen (secondary N) is 1. The van der Waals surface area contributed by atoms with Crippen LogP contribution >= 0.6 is 15.9 Å². The van der Waals surface area contributed by atoms with Crippen molar-refractivity contribution in [1.82, 2.24) is 10.3 Å². The number of halogens is 1. The summed E-state index contributed by atoms with van der Waals surface area (Å²) in [6.45, 7) is 0.306. The normalized spacial score (nSPS) is 22.7. The third-order valence-electron chi connectivity index (χ3n) is 2.80.